The topological polar surface area (TPSA) is 38.9 Å². The number of pyridine rings is 1. The van der Waals surface area contributed by atoms with Gasteiger partial charge in [0.05, 0.1) is 0 Å². The van der Waals surface area contributed by atoms with Gasteiger partial charge in [-0.05, 0) is 17.7 Å². The van der Waals surface area contributed by atoms with E-state index in [1.54, 1.807) is 12.4 Å². The van der Waals surface area contributed by atoms with Crippen molar-refractivity contribution in [3.8, 4) is 0 Å². The predicted molar refractivity (Wildman–Crippen MR) is 43.5 cm³/mol. The van der Waals surface area contributed by atoms with Gasteiger partial charge in [0.2, 0.25) is 0 Å². The van der Waals surface area contributed by atoms with E-state index in [0.29, 0.717) is 6.54 Å². The lowest BCUT2D eigenvalue weighted by Crippen LogP contribution is -1.94. The van der Waals surface area contributed by atoms with E-state index in [1.165, 1.54) is 0 Å². The second-order valence-electron chi connectivity index (χ2n) is 1.56. The number of rotatable bonds is 1. The zero-order valence-electron chi connectivity index (χ0n) is 6.54. The van der Waals surface area contributed by atoms with Crippen molar-refractivity contribution in [3.05, 3.63) is 30.1 Å². The molecule has 10 heavy (non-hydrogen) atoms. The molecule has 0 fully saturated rings. The summed E-state index contributed by atoms with van der Waals surface area (Å²) in [5.41, 5.74) is 6.45. The van der Waals surface area contributed by atoms with E-state index in [9.17, 15) is 0 Å². The smallest absolute Gasteiger partial charge is 0.0271 e. The third-order valence-corrected chi connectivity index (χ3v) is 0.985. The maximum absolute atomic E-state index is 5.32. The summed E-state index contributed by atoms with van der Waals surface area (Å²) in [5, 5.41) is 0. The van der Waals surface area contributed by atoms with Crippen LogP contribution >= 0.6 is 0 Å². The summed E-state index contributed by atoms with van der Waals surface area (Å²) in [4.78, 5) is 3.84. The van der Waals surface area contributed by atoms with Gasteiger partial charge in [0.25, 0.3) is 0 Å². The number of hydrogen-bond acceptors (Lipinski definition) is 2. The minimum absolute atomic E-state index is 0.600. The summed E-state index contributed by atoms with van der Waals surface area (Å²) in [7, 11) is 0. The Morgan fingerprint density at radius 3 is 2.10 bits per heavy atom. The van der Waals surface area contributed by atoms with Crippen LogP contribution in [0.4, 0.5) is 0 Å². The van der Waals surface area contributed by atoms with Crippen LogP contribution in [0.1, 0.15) is 19.4 Å². The largest absolute Gasteiger partial charge is 0.326 e. The van der Waals surface area contributed by atoms with Crippen LogP contribution in [0.25, 0.3) is 0 Å². The highest BCUT2D eigenvalue weighted by molar-refractivity contribution is 5.08. The number of hydrogen-bond donors (Lipinski definition) is 1. The molecular weight excluding hydrogens is 124 g/mol. The van der Waals surface area contributed by atoms with E-state index in [1.807, 2.05) is 26.0 Å². The summed E-state index contributed by atoms with van der Waals surface area (Å²) in [6, 6.07) is 3.81. The highest BCUT2D eigenvalue weighted by atomic mass is 14.6. The van der Waals surface area contributed by atoms with Gasteiger partial charge in [0, 0.05) is 18.9 Å². The molecule has 0 atom stereocenters. The highest BCUT2D eigenvalue weighted by Crippen LogP contribution is 1.91. The first kappa shape index (κ1) is 9.11. The second kappa shape index (κ2) is 6.23. The molecule has 2 heteroatoms. The quantitative estimate of drug-likeness (QED) is 0.639. The first-order chi connectivity index (χ1) is 4.93. The van der Waals surface area contributed by atoms with Crippen LogP contribution in [0, 0.1) is 0 Å². The first-order valence-corrected chi connectivity index (χ1v) is 3.52. The molecule has 1 aromatic rings. The van der Waals surface area contributed by atoms with Crippen LogP contribution in [-0.2, 0) is 6.54 Å². The average molecular weight is 138 g/mol. The summed E-state index contributed by atoms with van der Waals surface area (Å²) in [5.74, 6) is 0. The normalized spacial score (nSPS) is 7.90. The Morgan fingerprint density at radius 1 is 1.30 bits per heavy atom. The Labute approximate surface area is 62.1 Å². The minimum atomic E-state index is 0.600. The van der Waals surface area contributed by atoms with Crippen molar-refractivity contribution in [2.24, 2.45) is 5.73 Å². The standard InChI is InChI=1S/C6H8N2.C2H6/c7-5-6-1-3-8-4-2-6;1-2/h1-4H,5,7H2;1-2H3. The molecule has 0 saturated carbocycles. The Bertz CT molecular complexity index is 149. The van der Waals surface area contributed by atoms with E-state index >= 15 is 0 Å². The summed E-state index contributed by atoms with van der Waals surface area (Å²) < 4.78 is 0. The van der Waals surface area contributed by atoms with Gasteiger partial charge in [0.1, 0.15) is 0 Å². The van der Waals surface area contributed by atoms with Crippen LogP contribution in [0.15, 0.2) is 24.5 Å². The number of nitrogens with zero attached hydrogens (tertiary/aromatic N) is 1. The van der Waals surface area contributed by atoms with Crippen molar-refractivity contribution in [3.63, 3.8) is 0 Å². The molecule has 0 unspecified atom stereocenters. The summed E-state index contributed by atoms with van der Waals surface area (Å²) >= 11 is 0. The molecule has 0 aromatic carbocycles. The molecule has 0 spiro atoms. The Hall–Kier alpha value is -0.890. The van der Waals surface area contributed by atoms with Crippen molar-refractivity contribution in [2.75, 3.05) is 0 Å². The molecule has 0 aliphatic carbocycles. The molecular formula is C8H14N2. The molecule has 56 valence electrons. The van der Waals surface area contributed by atoms with Gasteiger partial charge in [0.15, 0.2) is 0 Å². The number of aromatic nitrogens is 1. The molecule has 0 saturated heterocycles. The van der Waals surface area contributed by atoms with E-state index in [0.717, 1.165) is 5.56 Å². The molecule has 1 heterocycles. The minimum Gasteiger partial charge on any atom is -0.326 e. The van der Waals surface area contributed by atoms with Crippen molar-refractivity contribution < 1.29 is 0 Å². The van der Waals surface area contributed by atoms with Crippen molar-refractivity contribution in [1.82, 2.24) is 4.98 Å². The zero-order chi connectivity index (χ0) is 7.82. The average Bonchev–Trinajstić information content (AvgIpc) is 2.10. The van der Waals surface area contributed by atoms with Crippen LogP contribution in [-0.4, -0.2) is 4.98 Å². The van der Waals surface area contributed by atoms with E-state index < -0.39 is 0 Å². The van der Waals surface area contributed by atoms with Crippen LogP contribution in [0.3, 0.4) is 0 Å². The Kier molecular flexibility index (Phi) is 5.68. The van der Waals surface area contributed by atoms with Crippen LogP contribution in [0.2, 0.25) is 0 Å². The van der Waals surface area contributed by atoms with Gasteiger partial charge in [-0.3, -0.25) is 4.98 Å². The van der Waals surface area contributed by atoms with Gasteiger partial charge < -0.3 is 5.73 Å². The van der Waals surface area contributed by atoms with Gasteiger partial charge >= 0.3 is 0 Å². The third kappa shape index (κ3) is 3.20. The Morgan fingerprint density at radius 2 is 1.80 bits per heavy atom. The lowest BCUT2D eigenvalue weighted by atomic mass is 10.3. The third-order valence-electron chi connectivity index (χ3n) is 0.985. The first-order valence-electron chi connectivity index (χ1n) is 3.52. The van der Waals surface area contributed by atoms with Gasteiger partial charge in [-0.1, -0.05) is 13.8 Å². The Balaban J connectivity index is 0.000000371. The molecule has 0 bridgehead atoms. The van der Waals surface area contributed by atoms with Gasteiger partial charge in [-0.15, -0.1) is 0 Å². The second-order valence-corrected chi connectivity index (χ2v) is 1.56. The zero-order valence-corrected chi connectivity index (χ0v) is 6.54. The van der Waals surface area contributed by atoms with E-state index in [2.05, 4.69) is 4.98 Å². The lowest BCUT2D eigenvalue weighted by Gasteiger charge is -1.89. The highest BCUT2D eigenvalue weighted by Gasteiger charge is 1.80. The fraction of sp³-hybridized carbons (Fsp3) is 0.375. The molecule has 0 aliphatic heterocycles. The van der Waals surface area contributed by atoms with Gasteiger partial charge in [-0.2, -0.15) is 0 Å². The lowest BCUT2D eigenvalue weighted by molar-refractivity contribution is 1.06. The molecule has 0 radical (unpaired) electrons. The summed E-state index contributed by atoms with van der Waals surface area (Å²) in [6.45, 7) is 4.60. The molecule has 0 aliphatic rings. The fourth-order valence-corrected chi connectivity index (χ4v) is 0.519. The van der Waals surface area contributed by atoms with Crippen molar-refractivity contribution in [1.29, 1.82) is 0 Å². The SMILES string of the molecule is CC.NCc1ccncc1. The van der Waals surface area contributed by atoms with Crippen molar-refractivity contribution in [2.45, 2.75) is 20.4 Å². The summed E-state index contributed by atoms with van der Waals surface area (Å²) in [6.07, 6.45) is 3.48. The van der Waals surface area contributed by atoms with Crippen molar-refractivity contribution >= 4 is 0 Å². The monoisotopic (exact) mass is 138 g/mol. The van der Waals surface area contributed by atoms with E-state index in [4.69, 9.17) is 5.73 Å². The molecule has 2 N–H and O–H groups in total. The predicted octanol–water partition coefficient (Wildman–Crippen LogP) is 1.57. The van der Waals surface area contributed by atoms with Crippen LogP contribution in [0.5, 0.6) is 0 Å². The maximum Gasteiger partial charge on any atom is 0.0271 e. The van der Waals surface area contributed by atoms with E-state index in [-0.39, 0.29) is 0 Å². The van der Waals surface area contributed by atoms with Gasteiger partial charge in [-0.25, -0.2) is 0 Å². The fourth-order valence-electron chi connectivity index (χ4n) is 0.519. The molecule has 1 aromatic heterocycles. The van der Waals surface area contributed by atoms with Crippen LogP contribution < -0.4 is 5.73 Å². The molecule has 2 nitrogen and oxygen atoms in total. The number of nitrogens with two attached hydrogens (primary N) is 1. The maximum atomic E-state index is 5.32. The molecule has 1 rings (SSSR count). The molecule has 0 amide bonds.